The van der Waals surface area contributed by atoms with Crippen LogP contribution in [0.4, 0.5) is 0 Å². The number of carbonyl (C=O) groups excluding carboxylic acids is 1. The first-order valence-electron chi connectivity index (χ1n) is 4.06. The maximum Gasteiger partial charge on any atom is 0.216 e. The Kier molecular flexibility index (Phi) is 3.05. The van der Waals surface area contributed by atoms with Crippen LogP contribution in [0.2, 0.25) is 0 Å². The average molecular weight is 173 g/mol. The van der Waals surface area contributed by atoms with Gasteiger partial charge in [-0.1, -0.05) is 0 Å². The minimum Gasteiger partial charge on any atom is -0.378 e. The van der Waals surface area contributed by atoms with Gasteiger partial charge in [0.15, 0.2) is 0 Å². The molecule has 0 aliphatic carbocycles. The highest BCUT2D eigenvalue weighted by molar-refractivity contribution is 5.72. The Hall–Kier alpha value is -0.610. The van der Waals surface area contributed by atoms with Crippen LogP contribution in [0.15, 0.2) is 0 Å². The summed E-state index contributed by atoms with van der Waals surface area (Å²) in [5.74, 6) is -0.0293. The number of nitrogens with one attached hydrogen (secondary N) is 1. The molecule has 1 saturated heterocycles. The van der Waals surface area contributed by atoms with Gasteiger partial charge in [0.25, 0.3) is 0 Å². The zero-order valence-corrected chi connectivity index (χ0v) is 7.55. The molecule has 4 nitrogen and oxygen atoms in total. The Balaban J connectivity index is 2.39. The SMILES string of the molecule is COC1(CNC(C)=O)CCOC1. The highest BCUT2D eigenvalue weighted by atomic mass is 16.5. The monoisotopic (exact) mass is 173 g/mol. The maximum atomic E-state index is 10.7. The molecule has 0 aromatic carbocycles. The molecule has 0 spiro atoms. The van der Waals surface area contributed by atoms with Gasteiger partial charge >= 0.3 is 0 Å². The first-order chi connectivity index (χ1) is 5.68. The molecule has 0 aromatic rings. The van der Waals surface area contributed by atoms with Gasteiger partial charge in [-0.25, -0.2) is 0 Å². The van der Waals surface area contributed by atoms with Gasteiger partial charge in [0, 0.05) is 33.6 Å². The number of ether oxygens (including phenoxy) is 2. The fourth-order valence-corrected chi connectivity index (χ4v) is 1.25. The predicted molar refractivity (Wildman–Crippen MR) is 43.9 cm³/mol. The van der Waals surface area contributed by atoms with E-state index in [1.807, 2.05) is 0 Å². The van der Waals surface area contributed by atoms with E-state index in [1.165, 1.54) is 6.92 Å². The highest BCUT2D eigenvalue weighted by Crippen LogP contribution is 2.21. The van der Waals surface area contributed by atoms with Crippen LogP contribution in [0.1, 0.15) is 13.3 Å². The summed E-state index contributed by atoms with van der Waals surface area (Å²) in [7, 11) is 1.65. The van der Waals surface area contributed by atoms with Gasteiger partial charge in [0.2, 0.25) is 5.91 Å². The number of amides is 1. The van der Waals surface area contributed by atoms with Gasteiger partial charge < -0.3 is 14.8 Å². The van der Waals surface area contributed by atoms with Crippen LogP contribution in [0.3, 0.4) is 0 Å². The van der Waals surface area contributed by atoms with Crippen LogP contribution in [0, 0.1) is 0 Å². The van der Waals surface area contributed by atoms with Crippen LogP contribution < -0.4 is 5.32 Å². The standard InChI is InChI=1S/C8H15NO3/c1-7(10)9-5-8(11-2)3-4-12-6-8/h3-6H2,1-2H3,(H,9,10). The lowest BCUT2D eigenvalue weighted by Crippen LogP contribution is -2.44. The fraction of sp³-hybridized carbons (Fsp3) is 0.875. The summed E-state index contributed by atoms with van der Waals surface area (Å²) in [6, 6.07) is 0. The van der Waals surface area contributed by atoms with Crippen molar-refractivity contribution in [1.82, 2.24) is 5.32 Å². The van der Waals surface area contributed by atoms with Gasteiger partial charge in [0.1, 0.15) is 5.60 Å². The summed E-state index contributed by atoms with van der Waals surface area (Å²) in [4.78, 5) is 10.7. The molecule has 1 unspecified atom stereocenters. The summed E-state index contributed by atoms with van der Waals surface area (Å²) in [6.07, 6.45) is 0.851. The van der Waals surface area contributed by atoms with Gasteiger partial charge in [-0.3, -0.25) is 4.79 Å². The number of methoxy groups -OCH3 is 1. The van der Waals surface area contributed by atoms with E-state index >= 15 is 0 Å². The van der Waals surface area contributed by atoms with E-state index in [0.717, 1.165) is 6.42 Å². The minimum absolute atomic E-state index is 0.0293. The van der Waals surface area contributed by atoms with E-state index < -0.39 is 0 Å². The minimum atomic E-state index is -0.286. The molecule has 1 heterocycles. The lowest BCUT2D eigenvalue weighted by Gasteiger charge is -2.25. The van der Waals surface area contributed by atoms with Crippen molar-refractivity contribution in [2.75, 3.05) is 26.9 Å². The second-order valence-electron chi connectivity index (χ2n) is 3.10. The molecule has 12 heavy (non-hydrogen) atoms. The van der Waals surface area contributed by atoms with Crippen molar-refractivity contribution in [3.63, 3.8) is 0 Å². The molecule has 1 fully saturated rings. The quantitative estimate of drug-likeness (QED) is 0.649. The Bertz CT molecular complexity index is 164. The van der Waals surface area contributed by atoms with E-state index in [4.69, 9.17) is 9.47 Å². The molecule has 1 atom stereocenters. The third-order valence-corrected chi connectivity index (χ3v) is 2.16. The van der Waals surface area contributed by atoms with Gasteiger partial charge in [-0.15, -0.1) is 0 Å². The Morgan fingerprint density at radius 1 is 1.75 bits per heavy atom. The van der Waals surface area contributed by atoms with Gasteiger partial charge in [-0.05, 0) is 0 Å². The molecule has 1 aliphatic rings. The van der Waals surface area contributed by atoms with E-state index in [9.17, 15) is 4.79 Å². The maximum absolute atomic E-state index is 10.7. The summed E-state index contributed by atoms with van der Waals surface area (Å²) in [5, 5.41) is 2.74. The number of carbonyl (C=O) groups is 1. The van der Waals surface area contributed by atoms with Crippen molar-refractivity contribution in [2.24, 2.45) is 0 Å². The van der Waals surface area contributed by atoms with Crippen molar-refractivity contribution in [3.05, 3.63) is 0 Å². The third-order valence-electron chi connectivity index (χ3n) is 2.16. The van der Waals surface area contributed by atoms with Crippen molar-refractivity contribution in [2.45, 2.75) is 18.9 Å². The van der Waals surface area contributed by atoms with E-state index in [1.54, 1.807) is 7.11 Å². The zero-order chi connectivity index (χ0) is 9.03. The van der Waals surface area contributed by atoms with Crippen LogP contribution in [-0.4, -0.2) is 38.4 Å². The number of hydrogen-bond donors (Lipinski definition) is 1. The molecule has 4 heteroatoms. The molecule has 70 valence electrons. The molecule has 0 radical (unpaired) electrons. The Labute approximate surface area is 72.2 Å². The fourth-order valence-electron chi connectivity index (χ4n) is 1.25. The summed E-state index contributed by atoms with van der Waals surface area (Å²) >= 11 is 0. The topological polar surface area (TPSA) is 47.6 Å². The highest BCUT2D eigenvalue weighted by Gasteiger charge is 2.34. The molecule has 1 N–H and O–H groups in total. The first-order valence-corrected chi connectivity index (χ1v) is 4.06. The first kappa shape index (κ1) is 9.48. The number of hydrogen-bond acceptors (Lipinski definition) is 3. The zero-order valence-electron chi connectivity index (χ0n) is 7.55. The molecular weight excluding hydrogens is 158 g/mol. The average Bonchev–Trinajstić information content (AvgIpc) is 2.50. The van der Waals surface area contributed by atoms with E-state index in [2.05, 4.69) is 5.32 Å². The summed E-state index contributed by atoms with van der Waals surface area (Å²) in [6.45, 7) is 3.33. The molecule has 0 saturated carbocycles. The van der Waals surface area contributed by atoms with Gasteiger partial charge in [-0.2, -0.15) is 0 Å². The Morgan fingerprint density at radius 2 is 2.50 bits per heavy atom. The summed E-state index contributed by atoms with van der Waals surface area (Å²) in [5.41, 5.74) is -0.286. The Morgan fingerprint density at radius 3 is 2.92 bits per heavy atom. The van der Waals surface area contributed by atoms with Crippen molar-refractivity contribution >= 4 is 5.91 Å². The second kappa shape index (κ2) is 3.87. The molecule has 0 bridgehead atoms. The normalized spacial score (nSPS) is 28.8. The molecule has 1 aliphatic heterocycles. The lowest BCUT2D eigenvalue weighted by atomic mass is 10.0. The van der Waals surface area contributed by atoms with Crippen LogP contribution in [0.5, 0.6) is 0 Å². The number of rotatable bonds is 3. The van der Waals surface area contributed by atoms with Crippen LogP contribution in [0.25, 0.3) is 0 Å². The van der Waals surface area contributed by atoms with E-state index in [0.29, 0.717) is 19.8 Å². The van der Waals surface area contributed by atoms with Crippen LogP contribution in [-0.2, 0) is 14.3 Å². The van der Waals surface area contributed by atoms with Gasteiger partial charge in [0.05, 0.1) is 6.61 Å². The summed E-state index contributed by atoms with van der Waals surface area (Å²) < 4.78 is 10.5. The molecule has 1 amide bonds. The molecule has 0 aromatic heterocycles. The second-order valence-corrected chi connectivity index (χ2v) is 3.10. The largest absolute Gasteiger partial charge is 0.378 e. The van der Waals surface area contributed by atoms with Crippen molar-refractivity contribution < 1.29 is 14.3 Å². The van der Waals surface area contributed by atoms with E-state index in [-0.39, 0.29) is 11.5 Å². The third kappa shape index (κ3) is 2.19. The molecular formula is C8H15NO3. The van der Waals surface area contributed by atoms with Crippen LogP contribution >= 0.6 is 0 Å². The van der Waals surface area contributed by atoms with Crippen molar-refractivity contribution in [1.29, 1.82) is 0 Å². The lowest BCUT2D eigenvalue weighted by molar-refractivity contribution is -0.120. The van der Waals surface area contributed by atoms with Crippen molar-refractivity contribution in [3.8, 4) is 0 Å². The molecule has 1 rings (SSSR count). The smallest absolute Gasteiger partial charge is 0.216 e. The predicted octanol–water partition coefficient (Wildman–Crippen LogP) is -0.0720.